The van der Waals surface area contributed by atoms with Crippen LogP contribution < -0.4 is 5.73 Å². The van der Waals surface area contributed by atoms with Gasteiger partial charge in [-0.25, -0.2) is 13.4 Å². The van der Waals surface area contributed by atoms with E-state index >= 15 is 0 Å². The van der Waals surface area contributed by atoms with E-state index in [4.69, 9.17) is 5.73 Å². The summed E-state index contributed by atoms with van der Waals surface area (Å²) in [5, 5.41) is -0.226. The van der Waals surface area contributed by atoms with Gasteiger partial charge in [-0.3, -0.25) is 4.79 Å². The number of nitrogens with zero attached hydrogens (tertiary/aromatic N) is 1. The molecule has 0 fully saturated rings. The van der Waals surface area contributed by atoms with E-state index in [0.29, 0.717) is 6.07 Å². The summed E-state index contributed by atoms with van der Waals surface area (Å²) in [5.41, 5.74) is 3.71. The van der Waals surface area contributed by atoms with Gasteiger partial charge in [0.25, 0.3) is 5.91 Å². The van der Waals surface area contributed by atoms with Gasteiger partial charge in [-0.05, 0) is 12.1 Å². The third-order valence-corrected chi connectivity index (χ3v) is 4.31. The summed E-state index contributed by atoms with van der Waals surface area (Å²) in [6, 6.07) is 1.58. The molecule has 1 rings (SSSR count). The number of pyridine rings is 1. The number of hydrogen-bond donors (Lipinski definition) is 1. The number of halogens is 3. The first-order chi connectivity index (χ1) is 9.00. The molecule has 0 bridgehead atoms. The maximum absolute atomic E-state index is 12.5. The lowest BCUT2D eigenvalue weighted by Gasteiger charge is -2.10. The van der Waals surface area contributed by atoms with Crippen molar-refractivity contribution in [3.63, 3.8) is 0 Å². The first-order valence-electron chi connectivity index (χ1n) is 5.19. The fourth-order valence-corrected chi connectivity index (χ4v) is 3.41. The Morgan fingerprint density at radius 1 is 1.40 bits per heavy atom. The third-order valence-electron chi connectivity index (χ3n) is 2.11. The Hall–Kier alpha value is -1.29. The molecular formula is C10H11F3N2O3S2. The topological polar surface area (TPSA) is 90.1 Å². The van der Waals surface area contributed by atoms with Crippen molar-refractivity contribution in [2.24, 2.45) is 5.73 Å². The Labute approximate surface area is 117 Å². The van der Waals surface area contributed by atoms with Crippen LogP contribution in [0.4, 0.5) is 13.2 Å². The maximum Gasteiger partial charge on any atom is 0.433 e. The van der Waals surface area contributed by atoms with Crippen LogP contribution in [0.3, 0.4) is 0 Å². The highest BCUT2D eigenvalue weighted by atomic mass is 32.2. The van der Waals surface area contributed by atoms with Gasteiger partial charge in [-0.2, -0.15) is 13.2 Å². The van der Waals surface area contributed by atoms with Gasteiger partial charge < -0.3 is 5.73 Å². The molecule has 0 saturated carbocycles. The average Bonchev–Trinajstić information content (AvgIpc) is 2.25. The number of primary amides is 1. The third kappa shape index (κ3) is 5.00. The number of sulfone groups is 1. The van der Waals surface area contributed by atoms with E-state index in [0.717, 1.165) is 24.1 Å². The predicted octanol–water partition coefficient (Wildman–Crippen LogP) is 1.34. The van der Waals surface area contributed by atoms with Crippen molar-refractivity contribution in [2.45, 2.75) is 11.2 Å². The molecule has 20 heavy (non-hydrogen) atoms. The largest absolute Gasteiger partial charge is 0.433 e. The van der Waals surface area contributed by atoms with Gasteiger partial charge in [0.2, 0.25) is 0 Å². The second-order valence-electron chi connectivity index (χ2n) is 3.89. The zero-order valence-electron chi connectivity index (χ0n) is 10.3. The molecule has 0 aliphatic carbocycles. The molecule has 0 aromatic carbocycles. The molecule has 112 valence electrons. The van der Waals surface area contributed by atoms with Crippen molar-refractivity contribution >= 4 is 27.5 Å². The van der Waals surface area contributed by atoms with E-state index in [1.807, 2.05) is 0 Å². The van der Waals surface area contributed by atoms with Crippen LogP contribution in [0.15, 0.2) is 17.2 Å². The van der Waals surface area contributed by atoms with Gasteiger partial charge in [-0.15, -0.1) is 11.8 Å². The van der Waals surface area contributed by atoms with Crippen molar-refractivity contribution in [3.05, 3.63) is 23.4 Å². The summed E-state index contributed by atoms with van der Waals surface area (Å²) in [7, 11) is -3.25. The minimum Gasteiger partial charge on any atom is -0.366 e. The smallest absolute Gasteiger partial charge is 0.366 e. The molecule has 1 aromatic rings. The molecule has 0 radical (unpaired) electrons. The molecule has 1 amide bonds. The van der Waals surface area contributed by atoms with E-state index < -0.39 is 27.6 Å². The zero-order chi connectivity index (χ0) is 15.6. The van der Waals surface area contributed by atoms with Gasteiger partial charge in [0, 0.05) is 12.0 Å². The molecule has 2 N–H and O–H groups in total. The fourth-order valence-electron chi connectivity index (χ4n) is 1.19. The summed E-state index contributed by atoms with van der Waals surface area (Å²) < 4.78 is 59.5. The van der Waals surface area contributed by atoms with Gasteiger partial charge >= 0.3 is 6.18 Å². The summed E-state index contributed by atoms with van der Waals surface area (Å²) >= 11 is 0.741. The van der Waals surface area contributed by atoms with Crippen LogP contribution in [0.5, 0.6) is 0 Å². The Morgan fingerprint density at radius 2 is 2.00 bits per heavy atom. The molecule has 0 spiro atoms. The quantitative estimate of drug-likeness (QED) is 0.824. The summed E-state index contributed by atoms with van der Waals surface area (Å²) in [6.07, 6.45) is -3.65. The number of aromatic nitrogens is 1. The maximum atomic E-state index is 12.5. The average molecular weight is 328 g/mol. The minimum absolute atomic E-state index is 0.0204. The van der Waals surface area contributed by atoms with Crippen LogP contribution in [0.1, 0.15) is 16.1 Å². The number of carbonyl (C=O) groups is 1. The number of amides is 1. The van der Waals surface area contributed by atoms with Gasteiger partial charge in [0.05, 0.1) is 11.3 Å². The zero-order valence-corrected chi connectivity index (χ0v) is 11.9. The number of rotatable bonds is 5. The Morgan fingerprint density at radius 3 is 2.45 bits per heavy atom. The summed E-state index contributed by atoms with van der Waals surface area (Å²) in [6.45, 7) is 0. The van der Waals surface area contributed by atoms with Crippen LogP contribution in [0.25, 0.3) is 0 Å². The standard InChI is InChI=1S/C10H11F3N2O3S2/c1-20(17,18)5-4-19-9-6(8(14)16)2-3-7(15-9)10(11,12)13/h2-3H,4-5H2,1H3,(H2,14,16). The Kier molecular flexibility index (Phi) is 5.03. The lowest BCUT2D eigenvalue weighted by atomic mass is 10.2. The lowest BCUT2D eigenvalue weighted by Crippen LogP contribution is -2.16. The number of nitrogens with two attached hydrogens (primary N) is 1. The summed E-state index contributed by atoms with van der Waals surface area (Å²) in [4.78, 5) is 14.4. The molecule has 5 nitrogen and oxygen atoms in total. The van der Waals surface area contributed by atoms with Crippen molar-refractivity contribution in [1.29, 1.82) is 0 Å². The molecule has 0 aliphatic heterocycles. The van der Waals surface area contributed by atoms with Crippen molar-refractivity contribution in [1.82, 2.24) is 4.98 Å². The molecule has 0 unspecified atom stereocenters. The van der Waals surface area contributed by atoms with E-state index in [1.54, 1.807) is 0 Å². The van der Waals surface area contributed by atoms with Crippen molar-refractivity contribution in [3.8, 4) is 0 Å². The monoisotopic (exact) mass is 328 g/mol. The van der Waals surface area contributed by atoms with Crippen molar-refractivity contribution in [2.75, 3.05) is 17.8 Å². The van der Waals surface area contributed by atoms with E-state index in [1.165, 1.54) is 0 Å². The van der Waals surface area contributed by atoms with Gasteiger partial charge in [0.1, 0.15) is 20.6 Å². The highest BCUT2D eigenvalue weighted by Crippen LogP contribution is 2.30. The molecule has 1 aromatic heterocycles. The number of carbonyl (C=O) groups excluding carboxylic acids is 1. The first kappa shape index (κ1) is 16.8. The highest BCUT2D eigenvalue weighted by molar-refractivity contribution is 8.00. The lowest BCUT2D eigenvalue weighted by molar-refractivity contribution is -0.141. The Bertz CT molecular complexity index is 615. The molecule has 10 heteroatoms. The molecule has 0 atom stereocenters. The molecule has 0 saturated heterocycles. The number of thioether (sulfide) groups is 1. The normalized spacial score (nSPS) is 12.4. The van der Waals surface area contributed by atoms with Gasteiger partial charge in [-0.1, -0.05) is 0 Å². The Balaban J connectivity index is 3.04. The fraction of sp³-hybridized carbons (Fsp3) is 0.400. The number of hydrogen-bond acceptors (Lipinski definition) is 5. The van der Waals surface area contributed by atoms with E-state index in [-0.39, 0.29) is 22.1 Å². The van der Waals surface area contributed by atoms with E-state index in [9.17, 15) is 26.4 Å². The summed E-state index contributed by atoms with van der Waals surface area (Å²) in [5.74, 6) is -1.19. The molecular weight excluding hydrogens is 317 g/mol. The van der Waals surface area contributed by atoms with Gasteiger partial charge in [0.15, 0.2) is 0 Å². The first-order valence-corrected chi connectivity index (χ1v) is 8.24. The predicted molar refractivity (Wildman–Crippen MR) is 68.2 cm³/mol. The second-order valence-corrected chi connectivity index (χ2v) is 7.23. The van der Waals surface area contributed by atoms with Crippen LogP contribution in [-0.2, 0) is 16.0 Å². The number of alkyl halides is 3. The molecule has 0 aliphatic rings. The molecule has 1 heterocycles. The SMILES string of the molecule is CS(=O)(=O)CCSc1nc(C(F)(F)F)ccc1C(N)=O. The highest BCUT2D eigenvalue weighted by Gasteiger charge is 2.33. The van der Waals surface area contributed by atoms with Crippen molar-refractivity contribution < 1.29 is 26.4 Å². The van der Waals surface area contributed by atoms with Crippen LogP contribution >= 0.6 is 11.8 Å². The van der Waals surface area contributed by atoms with Crippen LogP contribution in [0, 0.1) is 0 Å². The minimum atomic E-state index is -4.65. The van der Waals surface area contributed by atoms with Crippen LogP contribution in [0.2, 0.25) is 0 Å². The second kappa shape index (κ2) is 6.00. The van der Waals surface area contributed by atoms with E-state index in [2.05, 4.69) is 4.98 Å². The van der Waals surface area contributed by atoms with Crippen LogP contribution in [-0.4, -0.2) is 37.1 Å².